The predicted molar refractivity (Wildman–Crippen MR) is 101 cm³/mol. The zero-order chi connectivity index (χ0) is 19.3. The third-order valence-electron chi connectivity index (χ3n) is 3.24. The van der Waals surface area contributed by atoms with Gasteiger partial charge in [-0.1, -0.05) is 23.2 Å². The maximum absolute atomic E-state index is 12.7. The second-order valence-corrected chi connectivity index (χ2v) is 7.46. The Morgan fingerprint density at radius 1 is 1.04 bits per heavy atom. The first kappa shape index (κ1) is 20.4. The summed E-state index contributed by atoms with van der Waals surface area (Å²) in [6.07, 6.45) is 0. The summed E-state index contributed by atoms with van der Waals surface area (Å²) in [5, 5.41) is 0.210. The highest BCUT2D eigenvalue weighted by atomic mass is 35.5. The van der Waals surface area contributed by atoms with Crippen LogP contribution in [-0.4, -0.2) is 27.6 Å². The van der Waals surface area contributed by atoms with Gasteiger partial charge in [0, 0.05) is 5.69 Å². The summed E-state index contributed by atoms with van der Waals surface area (Å²) in [4.78, 5) is 11.5. The number of hydrogen-bond acceptors (Lipinski definition) is 5. The topological polar surface area (TPSA) is 81.7 Å². The average Bonchev–Trinajstić information content (AvgIpc) is 2.59. The Balaban J connectivity index is 2.32. The van der Waals surface area contributed by atoms with Gasteiger partial charge in [-0.25, -0.2) is 13.2 Å². The Kier molecular flexibility index (Phi) is 6.75. The lowest BCUT2D eigenvalue weighted by Gasteiger charge is -2.14. The molecule has 0 aliphatic rings. The fraction of sp³-hybridized carbons (Fsp3) is 0.235. The highest BCUT2D eigenvalue weighted by Crippen LogP contribution is 2.38. The van der Waals surface area contributed by atoms with E-state index in [2.05, 4.69) is 4.72 Å². The number of rotatable bonds is 7. The van der Waals surface area contributed by atoms with Crippen LogP contribution in [0.25, 0.3) is 0 Å². The van der Waals surface area contributed by atoms with Gasteiger partial charge < -0.3 is 9.47 Å². The second kappa shape index (κ2) is 8.62. The summed E-state index contributed by atoms with van der Waals surface area (Å²) >= 11 is 12.0. The monoisotopic (exact) mass is 417 g/mol. The SMILES string of the molecule is CCOC(=O)c1ccc(NS(=O)(=O)c2ccc(Cl)c(Cl)c2OCC)cc1. The third-order valence-corrected chi connectivity index (χ3v) is 5.43. The van der Waals surface area contributed by atoms with E-state index in [0.717, 1.165) is 0 Å². The van der Waals surface area contributed by atoms with Crippen LogP contribution >= 0.6 is 23.2 Å². The van der Waals surface area contributed by atoms with Gasteiger partial charge in [0.15, 0.2) is 5.75 Å². The molecule has 0 amide bonds. The molecule has 0 saturated heterocycles. The van der Waals surface area contributed by atoms with E-state index < -0.39 is 16.0 Å². The van der Waals surface area contributed by atoms with Crippen LogP contribution in [0, 0.1) is 0 Å². The fourth-order valence-electron chi connectivity index (χ4n) is 2.10. The van der Waals surface area contributed by atoms with Crippen LogP contribution in [0.4, 0.5) is 5.69 Å². The minimum atomic E-state index is -3.98. The molecule has 6 nitrogen and oxygen atoms in total. The number of halogens is 2. The van der Waals surface area contributed by atoms with Crippen molar-refractivity contribution in [1.29, 1.82) is 0 Å². The number of anilines is 1. The number of nitrogens with one attached hydrogen (secondary N) is 1. The van der Waals surface area contributed by atoms with Crippen molar-refractivity contribution in [1.82, 2.24) is 0 Å². The average molecular weight is 418 g/mol. The Bertz CT molecular complexity index is 898. The van der Waals surface area contributed by atoms with Gasteiger partial charge in [0.25, 0.3) is 10.0 Å². The molecule has 1 N–H and O–H groups in total. The lowest BCUT2D eigenvalue weighted by Crippen LogP contribution is -2.15. The molecule has 0 aliphatic carbocycles. The zero-order valence-corrected chi connectivity index (χ0v) is 16.4. The molecule has 0 atom stereocenters. The number of benzene rings is 2. The number of carbonyl (C=O) groups excluding carboxylic acids is 1. The molecule has 9 heteroatoms. The van der Waals surface area contributed by atoms with Crippen molar-refractivity contribution in [3.63, 3.8) is 0 Å². The van der Waals surface area contributed by atoms with Gasteiger partial charge in [-0.2, -0.15) is 0 Å². The van der Waals surface area contributed by atoms with Gasteiger partial charge in [0.2, 0.25) is 0 Å². The largest absolute Gasteiger partial charge is 0.491 e. The van der Waals surface area contributed by atoms with Crippen LogP contribution in [0.3, 0.4) is 0 Å². The highest BCUT2D eigenvalue weighted by Gasteiger charge is 2.23. The van der Waals surface area contributed by atoms with E-state index in [4.69, 9.17) is 32.7 Å². The van der Waals surface area contributed by atoms with Crippen LogP contribution in [0.1, 0.15) is 24.2 Å². The first-order valence-electron chi connectivity index (χ1n) is 7.71. The summed E-state index contributed by atoms with van der Waals surface area (Å²) in [7, 11) is -3.98. The maximum Gasteiger partial charge on any atom is 0.338 e. The number of sulfonamides is 1. The number of carbonyl (C=O) groups is 1. The van der Waals surface area contributed by atoms with Crippen LogP contribution in [0.15, 0.2) is 41.3 Å². The molecule has 0 bridgehead atoms. The van der Waals surface area contributed by atoms with Gasteiger partial charge >= 0.3 is 5.97 Å². The Hall–Kier alpha value is -1.96. The number of esters is 1. The van der Waals surface area contributed by atoms with Gasteiger partial charge in [0.05, 0.1) is 23.8 Å². The van der Waals surface area contributed by atoms with E-state index in [9.17, 15) is 13.2 Å². The quantitative estimate of drug-likeness (QED) is 0.676. The molecule has 0 unspecified atom stereocenters. The molecule has 2 aromatic carbocycles. The highest BCUT2D eigenvalue weighted by molar-refractivity contribution is 7.92. The van der Waals surface area contributed by atoms with Crippen molar-refractivity contribution in [3.8, 4) is 5.75 Å². The Morgan fingerprint density at radius 2 is 1.69 bits per heavy atom. The van der Waals surface area contributed by atoms with Crippen molar-refractivity contribution in [2.75, 3.05) is 17.9 Å². The van der Waals surface area contributed by atoms with Crippen LogP contribution in [0.2, 0.25) is 10.0 Å². The molecule has 140 valence electrons. The Labute approximate surface area is 162 Å². The lowest BCUT2D eigenvalue weighted by molar-refractivity contribution is 0.0526. The molecule has 2 rings (SSSR count). The van der Waals surface area contributed by atoms with Crippen LogP contribution in [0.5, 0.6) is 5.75 Å². The predicted octanol–water partition coefficient (Wildman–Crippen LogP) is 4.37. The first-order valence-corrected chi connectivity index (χ1v) is 9.94. The van der Waals surface area contributed by atoms with Crippen molar-refractivity contribution in [3.05, 3.63) is 52.0 Å². The van der Waals surface area contributed by atoms with Crippen LogP contribution in [-0.2, 0) is 14.8 Å². The van der Waals surface area contributed by atoms with Crippen molar-refractivity contribution in [2.45, 2.75) is 18.7 Å². The normalized spacial score (nSPS) is 11.1. The molecule has 2 aromatic rings. The smallest absolute Gasteiger partial charge is 0.338 e. The van der Waals surface area contributed by atoms with Crippen LogP contribution < -0.4 is 9.46 Å². The van der Waals surface area contributed by atoms with E-state index in [1.54, 1.807) is 13.8 Å². The molecular weight excluding hydrogens is 401 g/mol. The molecule has 0 saturated carbocycles. The molecule has 0 spiro atoms. The van der Waals surface area contributed by atoms with Gasteiger partial charge in [0.1, 0.15) is 9.92 Å². The van der Waals surface area contributed by atoms with Gasteiger partial charge in [-0.3, -0.25) is 4.72 Å². The fourth-order valence-corrected chi connectivity index (χ4v) is 3.74. The van der Waals surface area contributed by atoms with Gasteiger partial charge in [-0.15, -0.1) is 0 Å². The molecule has 0 radical (unpaired) electrons. The van der Waals surface area contributed by atoms with Gasteiger partial charge in [-0.05, 0) is 50.2 Å². The van der Waals surface area contributed by atoms with E-state index >= 15 is 0 Å². The molecule has 0 aliphatic heterocycles. The van der Waals surface area contributed by atoms with Crippen molar-refractivity contribution < 1.29 is 22.7 Å². The first-order chi connectivity index (χ1) is 12.3. The molecule has 26 heavy (non-hydrogen) atoms. The standard InChI is InChI=1S/C17H17Cl2NO5S/c1-3-24-16-14(10-9-13(18)15(16)19)26(22,23)20-12-7-5-11(6-8-12)17(21)25-4-2/h5-10,20H,3-4H2,1-2H3. The summed E-state index contributed by atoms with van der Waals surface area (Å²) in [6.45, 7) is 3.88. The zero-order valence-electron chi connectivity index (χ0n) is 14.1. The molecule has 0 fully saturated rings. The minimum absolute atomic E-state index is 0.0164. The number of ether oxygens (including phenoxy) is 2. The molecule has 0 aromatic heterocycles. The molecule has 0 heterocycles. The molecular formula is C17H17Cl2NO5S. The van der Waals surface area contributed by atoms with E-state index in [1.165, 1.54) is 36.4 Å². The maximum atomic E-state index is 12.7. The van der Waals surface area contributed by atoms with E-state index in [-0.39, 0.29) is 39.6 Å². The third kappa shape index (κ3) is 4.60. The summed E-state index contributed by atoms with van der Waals surface area (Å²) in [6, 6.07) is 8.55. The van der Waals surface area contributed by atoms with E-state index in [1.807, 2.05) is 0 Å². The Morgan fingerprint density at radius 3 is 2.27 bits per heavy atom. The van der Waals surface area contributed by atoms with Crippen molar-refractivity contribution in [2.24, 2.45) is 0 Å². The minimum Gasteiger partial charge on any atom is -0.491 e. The second-order valence-electron chi connectivity index (χ2n) is 5.02. The van der Waals surface area contributed by atoms with Crippen molar-refractivity contribution >= 4 is 44.9 Å². The summed E-state index contributed by atoms with van der Waals surface area (Å²) in [5.74, 6) is -0.498. The summed E-state index contributed by atoms with van der Waals surface area (Å²) in [5.41, 5.74) is 0.589. The summed E-state index contributed by atoms with van der Waals surface area (Å²) < 4.78 is 38.0. The van der Waals surface area contributed by atoms with E-state index in [0.29, 0.717) is 5.56 Å². The number of hydrogen-bond donors (Lipinski definition) is 1. The lowest BCUT2D eigenvalue weighted by atomic mass is 10.2.